The lowest BCUT2D eigenvalue weighted by Gasteiger charge is -2.27. The zero-order valence-electron chi connectivity index (χ0n) is 18.3. The fourth-order valence-corrected chi connectivity index (χ4v) is 4.25. The van der Waals surface area contributed by atoms with Crippen molar-refractivity contribution >= 4 is 34.2 Å². The van der Waals surface area contributed by atoms with E-state index >= 15 is 0 Å². The van der Waals surface area contributed by atoms with Gasteiger partial charge in [-0.1, -0.05) is 29.8 Å². The Hall–Kier alpha value is -3.72. The van der Waals surface area contributed by atoms with Gasteiger partial charge in [0.2, 0.25) is 5.84 Å². The fourth-order valence-electron chi connectivity index (χ4n) is 4.09. The van der Waals surface area contributed by atoms with Crippen molar-refractivity contribution in [3.8, 4) is 0 Å². The van der Waals surface area contributed by atoms with Gasteiger partial charge in [0, 0.05) is 48.2 Å². The standard InChI is InChI=1S/C25H19ClF3N5O/c26-19-9-18-7-15(2-4-22(18)31-12-19)8-20-10-17(5-6-30-20)23(35)32-11-16-1-3-21-13-33-24(25(27,28)29)34(21)14-16/h1-7,9-10,12,14,21H,8,11,13H2,(H,32,35). The molecule has 1 atom stereocenters. The average molecular weight is 498 g/mol. The topological polar surface area (TPSA) is 70.5 Å². The van der Waals surface area contributed by atoms with Crippen LogP contribution in [0.5, 0.6) is 0 Å². The summed E-state index contributed by atoms with van der Waals surface area (Å²) in [5, 5.41) is 4.23. The summed E-state index contributed by atoms with van der Waals surface area (Å²) in [4.78, 5) is 26.1. The van der Waals surface area contributed by atoms with Gasteiger partial charge in [0.05, 0.1) is 23.1 Å². The van der Waals surface area contributed by atoms with E-state index in [1.807, 2.05) is 24.3 Å². The van der Waals surface area contributed by atoms with Crippen LogP contribution in [0.25, 0.3) is 10.9 Å². The third kappa shape index (κ3) is 5.05. The number of rotatable bonds is 5. The van der Waals surface area contributed by atoms with Gasteiger partial charge in [-0.05, 0) is 41.5 Å². The van der Waals surface area contributed by atoms with Gasteiger partial charge in [0.25, 0.3) is 5.91 Å². The number of amides is 1. The molecule has 1 unspecified atom stereocenters. The molecule has 178 valence electrons. The van der Waals surface area contributed by atoms with Crippen LogP contribution < -0.4 is 5.32 Å². The molecule has 35 heavy (non-hydrogen) atoms. The third-order valence-electron chi connectivity index (χ3n) is 5.75. The van der Waals surface area contributed by atoms with Gasteiger partial charge in [-0.2, -0.15) is 13.2 Å². The number of carbonyl (C=O) groups excluding carboxylic acids is 1. The number of nitrogens with one attached hydrogen (secondary N) is 1. The Morgan fingerprint density at radius 2 is 2.03 bits per heavy atom. The highest BCUT2D eigenvalue weighted by molar-refractivity contribution is 6.31. The van der Waals surface area contributed by atoms with Crippen LogP contribution in [0, 0.1) is 0 Å². The lowest BCUT2D eigenvalue weighted by molar-refractivity contribution is -0.0662. The first-order chi connectivity index (χ1) is 16.8. The number of pyridine rings is 2. The summed E-state index contributed by atoms with van der Waals surface area (Å²) in [6.07, 6.45) is 3.92. The van der Waals surface area contributed by atoms with Crippen molar-refractivity contribution < 1.29 is 18.0 Å². The highest BCUT2D eigenvalue weighted by atomic mass is 35.5. The maximum absolute atomic E-state index is 13.2. The number of carbonyl (C=O) groups is 1. The zero-order chi connectivity index (χ0) is 24.6. The molecule has 0 bridgehead atoms. The Labute approximate surface area is 203 Å². The number of hydrogen-bond acceptors (Lipinski definition) is 5. The number of halogens is 4. The molecule has 4 heterocycles. The van der Waals surface area contributed by atoms with E-state index in [2.05, 4.69) is 20.3 Å². The first-order valence-electron chi connectivity index (χ1n) is 10.8. The predicted molar refractivity (Wildman–Crippen MR) is 127 cm³/mol. The molecular weight excluding hydrogens is 479 g/mol. The van der Waals surface area contributed by atoms with Crippen molar-refractivity contribution in [1.82, 2.24) is 20.2 Å². The van der Waals surface area contributed by atoms with Gasteiger partial charge in [0.1, 0.15) is 0 Å². The number of hydrogen-bond donors (Lipinski definition) is 1. The Kier molecular flexibility index (Phi) is 6.02. The molecule has 6 nitrogen and oxygen atoms in total. The van der Waals surface area contributed by atoms with Crippen LogP contribution in [-0.4, -0.2) is 51.9 Å². The summed E-state index contributed by atoms with van der Waals surface area (Å²) in [6, 6.07) is 10.5. The number of nitrogens with zero attached hydrogens (tertiary/aromatic N) is 4. The first-order valence-corrected chi connectivity index (χ1v) is 11.2. The summed E-state index contributed by atoms with van der Waals surface area (Å²) in [6.45, 7) is 0.141. The number of amidine groups is 1. The van der Waals surface area contributed by atoms with Gasteiger partial charge in [0.15, 0.2) is 0 Å². The van der Waals surface area contributed by atoms with Crippen molar-refractivity contribution in [2.75, 3.05) is 13.1 Å². The highest BCUT2D eigenvalue weighted by Gasteiger charge is 2.44. The van der Waals surface area contributed by atoms with E-state index in [0.717, 1.165) is 21.4 Å². The molecule has 1 aromatic carbocycles. The van der Waals surface area contributed by atoms with Gasteiger partial charge in [-0.3, -0.25) is 19.8 Å². The summed E-state index contributed by atoms with van der Waals surface area (Å²) in [5.41, 5.74) is 3.49. The molecule has 1 N–H and O–H groups in total. The zero-order valence-corrected chi connectivity index (χ0v) is 19.0. The molecule has 0 saturated carbocycles. The number of alkyl halides is 3. The first kappa shape index (κ1) is 23.0. The molecular formula is C25H19ClF3N5O. The van der Waals surface area contributed by atoms with E-state index in [1.54, 1.807) is 36.7 Å². The third-order valence-corrected chi connectivity index (χ3v) is 5.96. The Morgan fingerprint density at radius 1 is 1.17 bits per heavy atom. The van der Waals surface area contributed by atoms with E-state index in [1.165, 1.54) is 6.20 Å². The quantitative estimate of drug-likeness (QED) is 0.554. The van der Waals surface area contributed by atoms with Crippen LogP contribution in [0.15, 0.2) is 77.7 Å². The maximum atomic E-state index is 13.2. The van der Waals surface area contributed by atoms with Crippen LogP contribution in [0.1, 0.15) is 21.6 Å². The average Bonchev–Trinajstić information content (AvgIpc) is 3.26. The van der Waals surface area contributed by atoms with Crippen LogP contribution in [0.2, 0.25) is 5.02 Å². The van der Waals surface area contributed by atoms with Gasteiger partial charge in [-0.25, -0.2) is 0 Å². The monoisotopic (exact) mass is 497 g/mol. The molecule has 2 aliphatic rings. The summed E-state index contributed by atoms with van der Waals surface area (Å²) in [5.74, 6) is -1.26. The Morgan fingerprint density at radius 3 is 2.86 bits per heavy atom. The second-order valence-electron chi connectivity index (χ2n) is 8.28. The normalized spacial score (nSPS) is 17.3. The highest BCUT2D eigenvalue weighted by Crippen LogP contribution is 2.29. The van der Waals surface area contributed by atoms with Crippen LogP contribution in [-0.2, 0) is 6.42 Å². The summed E-state index contributed by atoms with van der Waals surface area (Å²) in [7, 11) is 0. The summed E-state index contributed by atoms with van der Waals surface area (Å²) < 4.78 is 39.5. The predicted octanol–water partition coefficient (Wildman–Crippen LogP) is 4.70. The largest absolute Gasteiger partial charge is 0.449 e. The molecule has 5 rings (SSSR count). The van der Waals surface area contributed by atoms with E-state index in [0.29, 0.717) is 28.3 Å². The molecule has 0 radical (unpaired) electrons. The van der Waals surface area contributed by atoms with Gasteiger partial charge >= 0.3 is 6.18 Å². The fraction of sp³-hybridized carbons (Fsp3) is 0.200. The Bertz CT molecular complexity index is 1400. The molecule has 3 aromatic rings. The second kappa shape index (κ2) is 9.14. The number of aromatic nitrogens is 2. The molecule has 2 aliphatic heterocycles. The van der Waals surface area contributed by atoms with Gasteiger partial charge in [-0.15, -0.1) is 0 Å². The van der Waals surface area contributed by atoms with E-state index in [9.17, 15) is 18.0 Å². The lowest BCUT2D eigenvalue weighted by atomic mass is 10.0. The second-order valence-corrected chi connectivity index (χ2v) is 8.71. The Balaban J connectivity index is 1.25. The number of benzene rings is 1. The smallest absolute Gasteiger partial charge is 0.348 e. The molecule has 0 aliphatic carbocycles. The molecule has 0 spiro atoms. The van der Waals surface area contributed by atoms with Crippen molar-refractivity contribution in [2.45, 2.75) is 18.6 Å². The van der Waals surface area contributed by atoms with Crippen LogP contribution >= 0.6 is 11.6 Å². The van der Waals surface area contributed by atoms with Crippen molar-refractivity contribution in [1.29, 1.82) is 0 Å². The van der Waals surface area contributed by atoms with Gasteiger partial charge < -0.3 is 10.2 Å². The van der Waals surface area contributed by atoms with Crippen LogP contribution in [0.3, 0.4) is 0 Å². The maximum Gasteiger partial charge on any atom is 0.449 e. The summed E-state index contributed by atoms with van der Waals surface area (Å²) >= 11 is 6.04. The van der Waals surface area contributed by atoms with Crippen molar-refractivity contribution in [3.05, 3.63) is 94.6 Å². The van der Waals surface area contributed by atoms with Crippen molar-refractivity contribution in [2.24, 2.45) is 4.99 Å². The minimum atomic E-state index is -4.52. The lowest BCUT2D eigenvalue weighted by Crippen LogP contribution is -2.41. The van der Waals surface area contributed by atoms with Crippen molar-refractivity contribution in [3.63, 3.8) is 0 Å². The van der Waals surface area contributed by atoms with Crippen LogP contribution in [0.4, 0.5) is 13.2 Å². The van der Waals surface area contributed by atoms with E-state index in [4.69, 9.17) is 11.6 Å². The minimum absolute atomic E-state index is 0.0576. The molecule has 10 heteroatoms. The molecule has 2 aromatic heterocycles. The van der Waals surface area contributed by atoms with E-state index < -0.39 is 18.1 Å². The number of aliphatic imine (C=N–C) groups is 1. The SMILES string of the molecule is O=C(NCC1=CN2C(C(F)(F)F)=NCC2C=C1)c1ccnc(Cc2ccc3ncc(Cl)cc3c2)c1. The molecule has 0 fully saturated rings. The molecule has 1 amide bonds. The van der Waals surface area contributed by atoms with E-state index in [-0.39, 0.29) is 19.0 Å². The number of fused-ring (bicyclic) bond motifs is 2. The minimum Gasteiger partial charge on any atom is -0.348 e. The molecule has 0 saturated heterocycles.